The number of aromatic nitrogens is 2. The summed E-state index contributed by atoms with van der Waals surface area (Å²) in [5.74, 6) is -1.19. The van der Waals surface area contributed by atoms with Gasteiger partial charge in [-0.05, 0) is 24.6 Å². The third-order valence-corrected chi connectivity index (χ3v) is 3.16. The van der Waals surface area contributed by atoms with Crippen LogP contribution in [0.4, 0.5) is 0 Å². The summed E-state index contributed by atoms with van der Waals surface area (Å²) in [7, 11) is 0. The van der Waals surface area contributed by atoms with Crippen molar-refractivity contribution in [3.63, 3.8) is 0 Å². The van der Waals surface area contributed by atoms with Crippen LogP contribution in [0, 0.1) is 0 Å². The number of benzene rings is 1. The number of imidazole rings is 1. The molecule has 0 spiro atoms. The normalized spacial score (nSPS) is 10.7. The predicted octanol–water partition coefficient (Wildman–Crippen LogP) is 0.944. The van der Waals surface area contributed by atoms with Crippen LogP contribution in [0.5, 0.6) is 0 Å². The van der Waals surface area contributed by atoms with Gasteiger partial charge in [0, 0.05) is 19.5 Å². The van der Waals surface area contributed by atoms with Crippen LogP contribution in [0.15, 0.2) is 23.0 Å². The first-order chi connectivity index (χ1) is 10.0. The molecule has 0 unspecified atom stereocenters. The molecule has 1 aromatic carbocycles. The summed E-state index contributed by atoms with van der Waals surface area (Å²) < 4.78 is 1.38. The maximum Gasteiger partial charge on any atom is 0.335 e. The van der Waals surface area contributed by atoms with E-state index in [0.717, 1.165) is 6.42 Å². The van der Waals surface area contributed by atoms with Gasteiger partial charge in [-0.15, -0.1) is 0 Å². The van der Waals surface area contributed by atoms with E-state index in [4.69, 9.17) is 5.11 Å². The summed E-state index contributed by atoms with van der Waals surface area (Å²) >= 11 is 0. The number of fused-ring (bicyclic) bond motifs is 1. The molecule has 2 aromatic rings. The Morgan fingerprint density at radius 1 is 1.38 bits per heavy atom. The maximum absolute atomic E-state index is 11.9. The number of nitrogens with zero attached hydrogens (tertiary/aromatic N) is 1. The van der Waals surface area contributed by atoms with Crippen molar-refractivity contribution in [2.45, 2.75) is 26.3 Å². The number of carboxylic acid groups (broad SMARTS) is 1. The van der Waals surface area contributed by atoms with E-state index in [0.29, 0.717) is 17.6 Å². The van der Waals surface area contributed by atoms with Gasteiger partial charge in [-0.1, -0.05) is 6.92 Å². The van der Waals surface area contributed by atoms with Crippen LogP contribution in [0.25, 0.3) is 11.0 Å². The van der Waals surface area contributed by atoms with E-state index in [2.05, 4.69) is 10.3 Å². The summed E-state index contributed by atoms with van der Waals surface area (Å²) in [6.45, 7) is 2.76. The highest BCUT2D eigenvalue weighted by atomic mass is 16.4. The number of aromatic amines is 1. The minimum atomic E-state index is -1.06. The number of hydrogen-bond acceptors (Lipinski definition) is 3. The number of hydrogen-bond donors (Lipinski definition) is 3. The van der Waals surface area contributed by atoms with E-state index in [1.807, 2.05) is 6.92 Å². The second-order valence-corrected chi connectivity index (χ2v) is 4.72. The van der Waals surface area contributed by atoms with E-state index in [1.165, 1.54) is 16.7 Å². The van der Waals surface area contributed by atoms with Crippen LogP contribution in [0.2, 0.25) is 0 Å². The Kier molecular flexibility index (Phi) is 4.42. The molecule has 0 aliphatic carbocycles. The molecule has 0 aliphatic rings. The third kappa shape index (κ3) is 3.31. The summed E-state index contributed by atoms with van der Waals surface area (Å²) in [6, 6.07) is 4.41. The lowest BCUT2D eigenvalue weighted by Gasteiger charge is -2.05. The van der Waals surface area contributed by atoms with Crippen molar-refractivity contribution in [1.82, 2.24) is 14.9 Å². The fourth-order valence-electron chi connectivity index (χ4n) is 2.07. The van der Waals surface area contributed by atoms with Crippen molar-refractivity contribution in [3.8, 4) is 0 Å². The van der Waals surface area contributed by atoms with Gasteiger partial charge in [0.05, 0.1) is 16.6 Å². The number of aromatic carboxylic acids is 1. The summed E-state index contributed by atoms with van der Waals surface area (Å²) in [6.07, 6.45) is 1.02. The fraction of sp³-hybridized carbons (Fsp3) is 0.357. The van der Waals surface area contributed by atoms with Gasteiger partial charge < -0.3 is 15.4 Å². The molecule has 0 radical (unpaired) electrons. The molecule has 0 saturated carbocycles. The van der Waals surface area contributed by atoms with Crippen molar-refractivity contribution >= 4 is 22.9 Å². The second-order valence-electron chi connectivity index (χ2n) is 4.72. The van der Waals surface area contributed by atoms with E-state index in [1.54, 1.807) is 6.07 Å². The quantitative estimate of drug-likeness (QED) is 0.736. The van der Waals surface area contributed by atoms with E-state index in [9.17, 15) is 14.4 Å². The van der Waals surface area contributed by atoms with Crippen molar-refractivity contribution in [2.75, 3.05) is 6.54 Å². The Balaban J connectivity index is 2.24. The van der Waals surface area contributed by atoms with Crippen LogP contribution in [-0.2, 0) is 11.3 Å². The summed E-state index contributed by atoms with van der Waals surface area (Å²) in [5, 5.41) is 11.7. The Labute approximate surface area is 120 Å². The largest absolute Gasteiger partial charge is 0.478 e. The Morgan fingerprint density at radius 3 is 2.81 bits per heavy atom. The van der Waals surface area contributed by atoms with E-state index in [-0.39, 0.29) is 30.1 Å². The number of rotatable bonds is 6. The molecule has 21 heavy (non-hydrogen) atoms. The van der Waals surface area contributed by atoms with Crippen LogP contribution in [-0.4, -0.2) is 33.1 Å². The molecule has 0 fully saturated rings. The molecule has 7 nitrogen and oxygen atoms in total. The van der Waals surface area contributed by atoms with Gasteiger partial charge in [0.25, 0.3) is 0 Å². The smallest absolute Gasteiger partial charge is 0.335 e. The lowest BCUT2D eigenvalue weighted by Crippen LogP contribution is -2.27. The number of carboxylic acids is 1. The number of carbonyl (C=O) groups excluding carboxylic acids is 1. The van der Waals surface area contributed by atoms with Gasteiger partial charge in [0.15, 0.2) is 0 Å². The third-order valence-electron chi connectivity index (χ3n) is 3.16. The maximum atomic E-state index is 11.9. The van der Waals surface area contributed by atoms with Gasteiger partial charge in [0.1, 0.15) is 0 Å². The average Bonchev–Trinajstić information content (AvgIpc) is 2.77. The van der Waals surface area contributed by atoms with Crippen LogP contribution < -0.4 is 11.0 Å². The Bertz CT molecular complexity index is 729. The van der Waals surface area contributed by atoms with Crippen molar-refractivity contribution < 1.29 is 14.7 Å². The first-order valence-electron chi connectivity index (χ1n) is 6.75. The topological polar surface area (TPSA) is 104 Å². The van der Waals surface area contributed by atoms with Crippen molar-refractivity contribution in [3.05, 3.63) is 34.2 Å². The second kappa shape index (κ2) is 6.25. The zero-order valence-electron chi connectivity index (χ0n) is 11.7. The van der Waals surface area contributed by atoms with E-state index >= 15 is 0 Å². The Hall–Kier alpha value is -2.57. The van der Waals surface area contributed by atoms with Gasteiger partial charge in [-0.2, -0.15) is 0 Å². The molecule has 0 bridgehead atoms. The molecule has 0 saturated heterocycles. The minimum absolute atomic E-state index is 0.102. The lowest BCUT2D eigenvalue weighted by molar-refractivity contribution is -0.121. The molecule has 3 N–H and O–H groups in total. The van der Waals surface area contributed by atoms with Gasteiger partial charge in [-0.3, -0.25) is 9.36 Å². The lowest BCUT2D eigenvalue weighted by atomic mass is 10.2. The molecule has 1 aromatic heterocycles. The van der Waals surface area contributed by atoms with Crippen molar-refractivity contribution in [1.29, 1.82) is 0 Å². The predicted molar refractivity (Wildman–Crippen MR) is 77.4 cm³/mol. The van der Waals surface area contributed by atoms with Crippen LogP contribution in [0.3, 0.4) is 0 Å². The number of amides is 1. The number of H-pyrrole nitrogens is 1. The van der Waals surface area contributed by atoms with Gasteiger partial charge in [0.2, 0.25) is 5.91 Å². The number of aryl methyl sites for hydroxylation is 1. The Morgan fingerprint density at radius 2 is 2.14 bits per heavy atom. The average molecular weight is 291 g/mol. The standard InChI is InChI=1S/C14H17N3O4/c1-2-6-15-12(18)5-7-17-11-8-9(13(19)20)3-4-10(11)16-14(17)21/h3-4,8H,2,5-7H2,1H3,(H,15,18)(H,16,21)(H,19,20). The van der Waals surface area contributed by atoms with Gasteiger partial charge in [-0.25, -0.2) is 9.59 Å². The molecule has 2 rings (SSSR count). The van der Waals surface area contributed by atoms with Crippen LogP contribution in [0.1, 0.15) is 30.1 Å². The molecule has 0 aliphatic heterocycles. The highest BCUT2D eigenvalue weighted by Gasteiger charge is 2.11. The molecule has 7 heteroatoms. The summed E-state index contributed by atoms with van der Waals surface area (Å²) in [4.78, 5) is 37.1. The molecular formula is C14H17N3O4. The highest BCUT2D eigenvalue weighted by molar-refractivity contribution is 5.92. The summed E-state index contributed by atoms with van der Waals surface area (Å²) in [5.41, 5.74) is 0.795. The first-order valence-corrected chi connectivity index (χ1v) is 6.75. The van der Waals surface area contributed by atoms with E-state index < -0.39 is 5.97 Å². The highest BCUT2D eigenvalue weighted by Crippen LogP contribution is 2.13. The SMILES string of the molecule is CCCNC(=O)CCn1c(=O)[nH]c2ccc(C(=O)O)cc21. The molecule has 0 atom stereocenters. The minimum Gasteiger partial charge on any atom is -0.478 e. The fourth-order valence-corrected chi connectivity index (χ4v) is 2.07. The molecule has 1 heterocycles. The molecule has 112 valence electrons. The molecule has 1 amide bonds. The zero-order chi connectivity index (χ0) is 15.4. The first kappa shape index (κ1) is 14.8. The zero-order valence-corrected chi connectivity index (χ0v) is 11.7. The monoisotopic (exact) mass is 291 g/mol. The van der Waals surface area contributed by atoms with Crippen LogP contribution >= 0.6 is 0 Å². The van der Waals surface area contributed by atoms with Crippen molar-refractivity contribution in [2.24, 2.45) is 0 Å². The van der Waals surface area contributed by atoms with Gasteiger partial charge >= 0.3 is 11.7 Å². The number of nitrogens with one attached hydrogen (secondary N) is 2. The number of carbonyl (C=O) groups is 2. The molecular weight excluding hydrogens is 274 g/mol.